The normalized spacial score (nSPS) is 12.2. The van der Waals surface area contributed by atoms with E-state index in [9.17, 15) is 10.1 Å². The number of halogens is 1. The molecule has 1 aromatic carbocycles. The van der Waals surface area contributed by atoms with Crippen molar-refractivity contribution in [3.05, 3.63) is 38.9 Å². The van der Waals surface area contributed by atoms with Crippen molar-refractivity contribution in [3.63, 3.8) is 0 Å². The monoisotopic (exact) mass is 238 g/mol. The van der Waals surface area contributed by atoms with Crippen LogP contribution in [0.25, 0.3) is 0 Å². The van der Waals surface area contributed by atoms with Crippen molar-refractivity contribution in [2.75, 3.05) is 0 Å². The molecule has 0 fully saturated rings. The lowest BCUT2D eigenvalue weighted by atomic mass is 9.90. The van der Waals surface area contributed by atoms with Gasteiger partial charge in [0.1, 0.15) is 5.02 Å². The molecule has 5 heteroatoms. The highest BCUT2D eigenvalue weighted by atomic mass is 35.5. The first-order valence-corrected chi connectivity index (χ1v) is 5.18. The number of rotatable bonds is 3. The summed E-state index contributed by atoms with van der Waals surface area (Å²) in [5.74, 6) is -0.152. The topological polar surface area (TPSA) is 66.9 Å². The van der Waals surface area contributed by atoms with Crippen LogP contribution in [0.15, 0.2) is 18.2 Å². The Kier molecular flexibility index (Phi) is 3.86. The highest BCUT2D eigenvalue weighted by Crippen LogP contribution is 2.30. The van der Waals surface area contributed by atoms with Gasteiger partial charge in [-0.2, -0.15) is 5.26 Å². The molecule has 1 atom stereocenters. The van der Waals surface area contributed by atoms with E-state index in [0.29, 0.717) is 5.56 Å². The molecule has 0 spiro atoms. The van der Waals surface area contributed by atoms with Gasteiger partial charge in [0.15, 0.2) is 0 Å². The quantitative estimate of drug-likeness (QED) is 0.598. The Morgan fingerprint density at radius 3 is 2.50 bits per heavy atom. The van der Waals surface area contributed by atoms with Gasteiger partial charge in [0.2, 0.25) is 0 Å². The van der Waals surface area contributed by atoms with Crippen LogP contribution in [0.4, 0.5) is 5.69 Å². The molecule has 0 aromatic heterocycles. The maximum Gasteiger partial charge on any atom is 0.287 e. The number of hydrogen-bond acceptors (Lipinski definition) is 3. The first-order chi connectivity index (χ1) is 7.47. The fourth-order valence-corrected chi connectivity index (χ4v) is 1.73. The summed E-state index contributed by atoms with van der Waals surface area (Å²) < 4.78 is 0. The summed E-state index contributed by atoms with van der Waals surface area (Å²) >= 11 is 5.78. The summed E-state index contributed by atoms with van der Waals surface area (Å²) in [5, 5.41) is 19.6. The molecule has 0 saturated heterocycles. The van der Waals surface area contributed by atoms with E-state index < -0.39 is 4.92 Å². The van der Waals surface area contributed by atoms with E-state index in [1.54, 1.807) is 6.07 Å². The number of nitro benzene ring substituents is 1. The van der Waals surface area contributed by atoms with Gasteiger partial charge >= 0.3 is 0 Å². The summed E-state index contributed by atoms with van der Waals surface area (Å²) in [6.45, 7) is 3.84. The fraction of sp³-hybridized carbons (Fsp3) is 0.364. The third kappa shape index (κ3) is 2.50. The summed E-state index contributed by atoms with van der Waals surface area (Å²) in [6, 6.07) is 6.58. The van der Waals surface area contributed by atoms with Crippen LogP contribution >= 0.6 is 11.6 Å². The van der Waals surface area contributed by atoms with E-state index in [1.807, 2.05) is 13.8 Å². The lowest BCUT2D eigenvalue weighted by molar-refractivity contribution is -0.384. The lowest BCUT2D eigenvalue weighted by Crippen LogP contribution is -2.04. The molecule has 0 aliphatic heterocycles. The second kappa shape index (κ2) is 4.95. The summed E-state index contributed by atoms with van der Waals surface area (Å²) in [4.78, 5) is 10.0. The fourth-order valence-electron chi connectivity index (χ4n) is 1.47. The molecule has 84 valence electrons. The van der Waals surface area contributed by atoms with Crippen molar-refractivity contribution in [2.24, 2.45) is 5.92 Å². The Morgan fingerprint density at radius 2 is 2.12 bits per heavy atom. The van der Waals surface area contributed by atoms with Crippen LogP contribution in [0.5, 0.6) is 0 Å². The van der Waals surface area contributed by atoms with Crippen LogP contribution in [-0.4, -0.2) is 4.92 Å². The zero-order valence-electron chi connectivity index (χ0n) is 8.98. The largest absolute Gasteiger partial charge is 0.287 e. The van der Waals surface area contributed by atoms with Gasteiger partial charge in [0, 0.05) is 6.07 Å². The molecule has 0 heterocycles. The van der Waals surface area contributed by atoms with E-state index in [4.69, 9.17) is 16.9 Å². The minimum absolute atomic E-state index is 0.0726. The van der Waals surface area contributed by atoms with E-state index in [-0.39, 0.29) is 22.5 Å². The molecule has 0 bridgehead atoms. The van der Waals surface area contributed by atoms with E-state index in [2.05, 4.69) is 6.07 Å². The van der Waals surface area contributed by atoms with Crippen molar-refractivity contribution in [2.45, 2.75) is 19.8 Å². The lowest BCUT2D eigenvalue weighted by Gasteiger charge is -2.13. The first kappa shape index (κ1) is 12.5. The SMILES string of the molecule is CC(C)C(C#N)c1ccc([N+](=O)[O-])c(Cl)c1. The minimum Gasteiger partial charge on any atom is -0.258 e. The molecule has 0 N–H and O–H groups in total. The molecule has 16 heavy (non-hydrogen) atoms. The number of hydrogen-bond donors (Lipinski definition) is 0. The van der Waals surface area contributed by atoms with Crippen molar-refractivity contribution < 1.29 is 4.92 Å². The number of benzene rings is 1. The van der Waals surface area contributed by atoms with E-state index in [1.165, 1.54) is 12.1 Å². The third-order valence-electron chi connectivity index (χ3n) is 2.33. The molecule has 0 aliphatic carbocycles. The van der Waals surface area contributed by atoms with Crippen molar-refractivity contribution in [3.8, 4) is 6.07 Å². The van der Waals surface area contributed by atoms with Gasteiger partial charge in [-0.05, 0) is 17.5 Å². The van der Waals surface area contributed by atoms with Crippen LogP contribution in [0.3, 0.4) is 0 Å². The molecule has 1 unspecified atom stereocenters. The Balaban J connectivity index is 3.15. The molecule has 0 amide bonds. The molecular weight excluding hydrogens is 228 g/mol. The van der Waals surface area contributed by atoms with Crippen molar-refractivity contribution in [1.29, 1.82) is 5.26 Å². The van der Waals surface area contributed by atoms with Crippen LogP contribution in [0.2, 0.25) is 5.02 Å². The molecule has 0 aliphatic rings. The first-order valence-electron chi connectivity index (χ1n) is 4.80. The predicted molar refractivity (Wildman–Crippen MR) is 61.3 cm³/mol. The number of nitriles is 1. The molecule has 0 radical (unpaired) electrons. The molecule has 4 nitrogen and oxygen atoms in total. The zero-order chi connectivity index (χ0) is 12.3. The number of nitrogens with zero attached hydrogens (tertiary/aromatic N) is 2. The summed E-state index contributed by atoms with van der Waals surface area (Å²) in [5.41, 5.74) is 0.582. The van der Waals surface area contributed by atoms with Gasteiger partial charge in [-0.25, -0.2) is 0 Å². The smallest absolute Gasteiger partial charge is 0.258 e. The average Bonchev–Trinajstić information content (AvgIpc) is 2.17. The number of nitro groups is 1. The van der Waals surface area contributed by atoms with Crippen LogP contribution < -0.4 is 0 Å². The molecular formula is C11H11ClN2O2. The van der Waals surface area contributed by atoms with Crippen LogP contribution in [0.1, 0.15) is 25.3 Å². The van der Waals surface area contributed by atoms with Gasteiger partial charge in [-0.3, -0.25) is 10.1 Å². The van der Waals surface area contributed by atoms with Crippen LogP contribution in [-0.2, 0) is 0 Å². The molecule has 1 aromatic rings. The summed E-state index contributed by atoms with van der Waals surface area (Å²) in [6.07, 6.45) is 0. The molecule has 1 rings (SSSR count). The van der Waals surface area contributed by atoms with Crippen molar-refractivity contribution >= 4 is 17.3 Å². The highest BCUT2D eigenvalue weighted by molar-refractivity contribution is 6.32. The van der Waals surface area contributed by atoms with Crippen molar-refractivity contribution in [1.82, 2.24) is 0 Å². The third-order valence-corrected chi connectivity index (χ3v) is 2.64. The van der Waals surface area contributed by atoms with E-state index >= 15 is 0 Å². The Labute approximate surface area is 98.6 Å². The second-order valence-electron chi connectivity index (χ2n) is 3.82. The van der Waals surface area contributed by atoms with Gasteiger partial charge in [0.25, 0.3) is 5.69 Å². The van der Waals surface area contributed by atoms with E-state index in [0.717, 1.165) is 0 Å². The zero-order valence-corrected chi connectivity index (χ0v) is 9.73. The average molecular weight is 239 g/mol. The maximum atomic E-state index is 10.6. The Hall–Kier alpha value is -1.60. The van der Waals surface area contributed by atoms with Crippen LogP contribution in [0, 0.1) is 27.4 Å². The van der Waals surface area contributed by atoms with Gasteiger partial charge in [-0.1, -0.05) is 31.5 Å². The minimum atomic E-state index is -0.539. The summed E-state index contributed by atoms with van der Waals surface area (Å²) in [7, 11) is 0. The maximum absolute atomic E-state index is 10.6. The molecule has 0 saturated carbocycles. The second-order valence-corrected chi connectivity index (χ2v) is 4.23. The Bertz CT molecular complexity index is 452. The van der Waals surface area contributed by atoms with Gasteiger partial charge in [-0.15, -0.1) is 0 Å². The van der Waals surface area contributed by atoms with Gasteiger partial charge in [0.05, 0.1) is 16.9 Å². The Morgan fingerprint density at radius 1 is 1.50 bits per heavy atom. The van der Waals surface area contributed by atoms with Gasteiger partial charge < -0.3 is 0 Å². The highest BCUT2D eigenvalue weighted by Gasteiger charge is 2.19. The predicted octanol–water partition coefficient (Wildman–Crippen LogP) is 3.51. The standard InChI is InChI=1S/C11H11ClN2O2/c1-7(2)9(6-13)8-3-4-11(14(15)16)10(12)5-8/h3-5,7,9H,1-2H3.